The number of nitrogens with one attached hydrogen (secondary N) is 1. The topological polar surface area (TPSA) is 24.4 Å². The molecule has 1 heterocycles. The summed E-state index contributed by atoms with van der Waals surface area (Å²) in [5.74, 6) is 0. The first kappa shape index (κ1) is 14.2. The van der Waals surface area contributed by atoms with Crippen molar-refractivity contribution in [1.29, 1.82) is 0 Å². The Morgan fingerprint density at radius 2 is 2.00 bits per heavy atom. The maximum atomic E-state index is 5.97. The normalized spacial score (nSPS) is 17.9. The molecule has 1 unspecified atom stereocenters. The lowest BCUT2D eigenvalue weighted by atomic mass is 10.1. The Morgan fingerprint density at radius 3 is 2.75 bits per heavy atom. The van der Waals surface area contributed by atoms with Gasteiger partial charge in [-0.05, 0) is 46.4 Å². The minimum atomic E-state index is 0.406. The summed E-state index contributed by atoms with van der Waals surface area (Å²) in [7, 11) is 0. The Hall–Kier alpha value is -0.720. The van der Waals surface area contributed by atoms with E-state index in [1.165, 1.54) is 5.56 Å². The fourth-order valence-corrected chi connectivity index (χ4v) is 4.03. The van der Waals surface area contributed by atoms with Crippen LogP contribution in [0.15, 0.2) is 53.5 Å². The van der Waals surface area contributed by atoms with Crippen molar-refractivity contribution in [1.82, 2.24) is 0 Å². The predicted octanol–water partition coefficient (Wildman–Crippen LogP) is 5.20. The molecule has 0 aliphatic carbocycles. The van der Waals surface area contributed by atoms with E-state index in [0.29, 0.717) is 5.25 Å². The van der Waals surface area contributed by atoms with Crippen LogP contribution in [0.25, 0.3) is 0 Å². The highest BCUT2D eigenvalue weighted by Crippen LogP contribution is 2.36. The molecule has 5 heteroatoms. The van der Waals surface area contributed by atoms with Crippen LogP contribution in [0.5, 0.6) is 0 Å². The van der Waals surface area contributed by atoms with Crippen LogP contribution in [0.3, 0.4) is 0 Å². The van der Waals surface area contributed by atoms with Crippen molar-refractivity contribution in [3.8, 4) is 0 Å². The Kier molecular flexibility index (Phi) is 4.53. The second kappa shape index (κ2) is 6.37. The van der Waals surface area contributed by atoms with Gasteiger partial charge in [-0.25, -0.2) is 0 Å². The maximum absolute atomic E-state index is 5.97. The van der Waals surface area contributed by atoms with E-state index >= 15 is 0 Å². The third-order valence-electron chi connectivity index (χ3n) is 3.00. The molecular weight excluding hydrogens is 403 g/mol. The van der Waals surface area contributed by atoms with Crippen LogP contribution in [-0.4, -0.2) is 11.7 Å². The summed E-state index contributed by atoms with van der Waals surface area (Å²) in [6.07, 6.45) is 0. The van der Waals surface area contributed by atoms with Gasteiger partial charge in [0.2, 0.25) is 0 Å². The Labute approximate surface area is 141 Å². The van der Waals surface area contributed by atoms with Crippen LogP contribution in [-0.2, 0) is 0 Å². The Balaban J connectivity index is 1.69. The molecule has 2 nitrogen and oxygen atoms in total. The van der Waals surface area contributed by atoms with Crippen LogP contribution in [0.2, 0.25) is 5.02 Å². The summed E-state index contributed by atoms with van der Waals surface area (Å²) in [6, 6.07) is 16.3. The van der Waals surface area contributed by atoms with E-state index in [1.54, 1.807) is 11.8 Å². The average molecular weight is 415 g/mol. The molecule has 0 amide bonds. The summed E-state index contributed by atoms with van der Waals surface area (Å²) in [6.45, 7) is 0.821. The molecule has 0 radical (unpaired) electrons. The second-order valence-electron chi connectivity index (χ2n) is 4.41. The number of benzene rings is 2. The molecular formula is C15H12ClIN2S. The van der Waals surface area contributed by atoms with Gasteiger partial charge in [-0.15, -0.1) is 0 Å². The largest absolute Gasteiger partial charge is 0.334 e. The van der Waals surface area contributed by atoms with Gasteiger partial charge in [0.15, 0.2) is 5.17 Å². The Morgan fingerprint density at radius 1 is 1.20 bits per heavy atom. The van der Waals surface area contributed by atoms with Gasteiger partial charge in [0, 0.05) is 8.59 Å². The van der Waals surface area contributed by atoms with E-state index in [-0.39, 0.29) is 0 Å². The average Bonchev–Trinajstić information content (AvgIpc) is 2.92. The molecule has 2 aromatic carbocycles. The minimum Gasteiger partial charge on any atom is -0.334 e. The molecule has 1 aliphatic heterocycles. The standard InChI is InChI=1S/C15H12ClIN2S/c16-11-6-7-13(12(17)8-11)19-15-18-9-14(20-15)10-4-2-1-3-5-10/h1-8,14H,9H2,(H,18,19). The van der Waals surface area contributed by atoms with E-state index in [9.17, 15) is 0 Å². The first-order chi connectivity index (χ1) is 9.72. The van der Waals surface area contributed by atoms with E-state index in [2.05, 4.69) is 57.2 Å². The summed E-state index contributed by atoms with van der Waals surface area (Å²) >= 11 is 10.0. The van der Waals surface area contributed by atoms with Gasteiger partial charge in [0.1, 0.15) is 0 Å². The lowest BCUT2D eigenvalue weighted by Gasteiger charge is -2.10. The van der Waals surface area contributed by atoms with E-state index < -0.39 is 0 Å². The fourth-order valence-electron chi connectivity index (χ4n) is 1.99. The van der Waals surface area contributed by atoms with Gasteiger partial charge in [-0.2, -0.15) is 0 Å². The second-order valence-corrected chi connectivity index (χ2v) is 7.20. The SMILES string of the molecule is Clc1ccc(NC2=NCC(c3ccccc3)S2)c(I)c1. The van der Waals surface area contributed by atoms with Crippen molar-refractivity contribution < 1.29 is 0 Å². The molecule has 20 heavy (non-hydrogen) atoms. The summed E-state index contributed by atoms with van der Waals surface area (Å²) in [4.78, 5) is 4.58. The molecule has 1 N–H and O–H groups in total. The van der Waals surface area contributed by atoms with E-state index in [1.807, 2.05) is 24.3 Å². The third-order valence-corrected chi connectivity index (χ3v) is 5.29. The van der Waals surface area contributed by atoms with Crippen molar-refractivity contribution in [2.24, 2.45) is 4.99 Å². The summed E-state index contributed by atoms with van der Waals surface area (Å²) in [5, 5.41) is 5.51. The van der Waals surface area contributed by atoms with Crippen LogP contribution in [0.1, 0.15) is 10.8 Å². The monoisotopic (exact) mass is 414 g/mol. The smallest absolute Gasteiger partial charge is 0.161 e. The van der Waals surface area contributed by atoms with Gasteiger partial charge in [0.25, 0.3) is 0 Å². The molecule has 0 saturated heterocycles. The molecule has 0 spiro atoms. The lowest BCUT2D eigenvalue weighted by Crippen LogP contribution is -2.06. The van der Waals surface area contributed by atoms with Crippen molar-refractivity contribution in [2.75, 3.05) is 11.9 Å². The number of hydrogen-bond acceptors (Lipinski definition) is 3. The molecule has 1 atom stereocenters. The van der Waals surface area contributed by atoms with E-state index in [4.69, 9.17) is 11.6 Å². The molecule has 0 aromatic heterocycles. The van der Waals surface area contributed by atoms with Crippen molar-refractivity contribution in [2.45, 2.75) is 5.25 Å². The van der Waals surface area contributed by atoms with Gasteiger partial charge in [0.05, 0.1) is 17.5 Å². The van der Waals surface area contributed by atoms with Crippen molar-refractivity contribution >= 4 is 56.8 Å². The third kappa shape index (κ3) is 3.30. The number of thioether (sulfide) groups is 1. The molecule has 0 saturated carbocycles. The predicted molar refractivity (Wildman–Crippen MR) is 96.9 cm³/mol. The summed E-state index contributed by atoms with van der Waals surface area (Å²) in [5.41, 5.74) is 2.37. The van der Waals surface area contributed by atoms with Crippen molar-refractivity contribution in [3.05, 3.63) is 62.7 Å². The minimum absolute atomic E-state index is 0.406. The fraction of sp³-hybridized carbons (Fsp3) is 0.133. The molecule has 0 fully saturated rings. The highest BCUT2D eigenvalue weighted by Gasteiger charge is 2.21. The zero-order valence-corrected chi connectivity index (χ0v) is 14.2. The molecule has 1 aliphatic rings. The quantitative estimate of drug-likeness (QED) is 0.683. The zero-order chi connectivity index (χ0) is 13.9. The Bertz CT molecular complexity index is 646. The van der Waals surface area contributed by atoms with Crippen molar-refractivity contribution in [3.63, 3.8) is 0 Å². The number of halogens is 2. The molecule has 2 aromatic rings. The van der Waals surface area contributed by atoms with Gasteiger partial charge in [-0.3, -0.25) is 4.99 Å². The number of anilines is 1. The molecule has 3 rings (SSSR count). The van der Waals surface area contributed by atoms with Gasteiger partial charge in [-0.1, -0.05) is 53.7 Å². The number of hydrogen-bond donors (Lipinski definition) is 1. The highest BCUT2D eigenvalue weighted by atomic mass is 127. The lowest BCUT2D eigenvalue weighted by molar-refractivity contribution is 0.966. The van der Waals surface area contributed by atoms with Crippen LogP contribution in [0, 0.1) is 3.57 Å². The van der Waals surface area contributed by atoms with Crippen LogP contribution < -0.4 is 5.32 Å². The highest BCUT2D eigenvalue weighted by molar-refractivity contribution is 14.1. The number of nitrogens with zero attached hydrogens (tertiary/aromatic N) is 1. The number of amidine groups is 1. The van der Waals surface area contributed by atoms with Gasteiger partial charge >= 0.3 is 0 Å². The first-order valence-corrected chi connectivity index (χ1v) is 8.54. The summed E-state index contributed by atoms with van der Waals surface area (Å²) < 4.78 is 1.10. The number of aliphatic imine (C=N–C) groups is 1. The molecule has 0 bridgehead atoms. The van der Waals surface area contributed by atoms with Crippen LogP contribution >= 0.6 is 46.0 Å². The zero-order valence-electron chi connectivity index (χ0n) is 10.5. The van der Waals surface area contributed by atoms with E-state index in [0.717, 1.165) is 26.0 Å². The first-order valence-electron chi connectivity index (χ1n) is 6.20. The van der Waals surface area contributed by atoms with Gasteiger partial charge < -0.3 is 5.32 Å². The van der Waals surface area contributed by atoms with Crippen LogP contribution in [0.4, 0.5) is 5.69 Å². The molecule has 102 valence electrons. The maximum Gasteiger partial charge on any atom is 0.161 e. The number of rotatable bonds is 2.